The van der Waals surface area contributed by atoms with Crippen molar-refractivity contribution in [2.75, 3.05) is 4.81 Å². The Morgan fingerprint density at radius 1 is 0.484 bits per heavy atom. The molecule has 0 fully saturated rings. The summed E-state index contributed by atoms with van der Waals surface area (Å²) in [6.45, 7) is 31.8. The van der Waals surface area contributed by atoms with Crippen molar-refractivity contribution in [1.82, 2.24) is 4.57 Å². The molecule has 0 saturated heterocycles. The summed E-state index contributed by atoms with van der Waals surface area (Å²) in [5, 5.41) is 2.73. The summed E-state index contributed by atoms with van der Waals surface area (Å²) in [7, 11) is 0. The molecule has 2 nitrogen and oxygen atoms in total. The van der Waals surface area contributed by atoms with Gasteiger partial charge in [0.25, 0.3) is 0 Å². The summed E-state index contributed by atoms with van der Waals surface area (Å²) in [5.74, 6) is 0. The first-order valence-electron chi connectivity index (χ1n) is 23.6. The standard InChI is InChI=1S/C59H63BN2/c1-54(2,3)34-18-20-35(21-19-34)62-50-32-46-44(55(4,5)24-26-57(46,8)9)29-40(50)37-22-23-38-41-28-43-39(36-16-14-15-17-42(36)59(43,12)13)30-49(41)61-51-33-47-45(56(6,7)25-27-58(47,10)11)31-48(51)60(62)52(37)53(38)61/h14-23,28-33H,24-27H2,1-13H3. The van der Waals surface area contributed by atoms with Gasteiger partial charge in [-0.3, -0.25) is 0 Å². The van der Waals surface area contributed by atoms with Gasteiger partial charge in [-0.05, 0) is 162 Å². The molecular formula is C59H63BN2. The Kier molecular flexibility index (Phi) is 7.33. The Morgan fingerprint density at radius 3 is 1.69 bits per heavy atom. The number of fused-ring (bicyclic) bond motifs is 13. The van der Waals surface area contributed by atoms with Gasteiger partial charge in [-0.1, -0.05) is 145 Å². The largest absolute Gasteiger partial charge is 0.376 e. The lowest BCUT2D eigenvalue weighted by atomic mass is 9.43. The predicted molar refractivity (Wildman–Crippen MR) is 267 cm³/mol. The van der Waals surface area contributed by atoms with Gasteiger partial charge in [0, 0.05) is 38.8 Å². The third-order valence-corrected chi connectivity index (χ3v) is 17.3. The molecule has 312 valence electrons. The van der Waals surface area contributed by atoms with Crippen LogP contribution in [0.15, 0.2) is 97.1 Å². The average Bonchev–Trinajstić information content (AvgIpc) is 3.67. The van der Waals surface area contributed by atoms with E-state index in [2.05, 4.69) is 196 Å². The lowest BCUT2D eigenvalue weighted by Gasteiger charge is -2.47. The van der Waals surface area contributed by atoms with Crippen molar-refractivity contribution in [2.24, 2.45) is 0 Å². The molecule has 0 N–H and O–H groups in total. The maximum Gasteiger partial charge on any atom is 0.333 e. The monoisotopic (exact) mass is 811 g/mol. The lowest BCUT2D eigenvalue weighted by molar-refractivity contribution is 0.332. The summed E-state index contributed by atoms with van der Waals surface area (Å²) in [6, 6.07) is 39.6. The highest BCUT2D eigenvalue weighted by atomic mass is 15.1. The average molecular weight is 811 g/mol. The maximum absolute atomic E-state index is 2.79. The van der Waals surface area contributed by atoms with E-state index in [1.807, 2.05) is 0 Å². The topological polar surface area (TPSA) is 8.17 Å². The minimum absolute atomic E-state index is 0.00131. The Hall–Kier alpha value is -5.02. The van der Waals surface area contributed by atoms with Crippen LogP contribution in [0.5, 0.6) is 0 Å². The summed E-state index contributed by atoms with van der Waals surface area (Å²) >= 11 is 0. The zero-order valence-electron chi connectivity index (χ0n) is 39.5. The summed E-state index contributed by atoms with van der Waals surface area (Å²) in [4.78, 5) is 2.79. The van der Waals surface area contributed by atoms with Gasteiger partial charge >= 0.3 is 6.85 Å². The summed E-state index contributed by atoms with van der Waals surface area (Å²) < 4.78 is 2.73. The Bertz CT molecular complexity index is 3140. The SMILES string of the molecule is CC(C)(C)c1ccc(N2B3c4cc5c(cc4-n4c6cc7c(cc6c6ccc(c3c64)-c3cc4c(cc32)C(C)(C)CCC4(C)C)C(C)(C)c2ccccc2-7)C(C)(C)CCC5(C)C)cc1. The van der Waals surface area contributed by atoms with E-state index in [1.165, 1.54) is 137 Å². The first-order chi connectivity index (χ1) is 29.1. The van der Waals surface area contributed by atoms with Gasteiger partial charge < -0.3 is 9.38 Å². The van der Waals surface area contributed by atoms with Crippen molar-refractivity contribution in [3.05, 3.63) is 136 Å². The first kappa shape index (κ1) is 38.6. The van der Waals surface area contributed by atoms with E-state index in [1.54, 1.807) is 0 Å². The van der Waals surface area contributed by atoms with E-state index >= 15 is 0 Å². The third-order valence-electron chi connectivity index (χ3n) is 17.3. The van der Waals surface area contributed by atoms with Crippen LogP contribution in [0.4, 0.5) is 11.4 Å². The van der Waals surface area contributed by atoms with E-state index in [9.17, 15) is 0 Å². The van der Waals surface area contributed by atoms with Gasteiger partial charge in [-0.25, -0.2) is 0 Å². The molecule has 0 radical (unpaired) electrons. The van der Waals surface area contributed by atoms with Crippen LogP contribution in [0.2, 0.25) is 0 Å². The normalized spacial score (nSPS) is 20.0. The Morgan fingerprint density at radius 2 is 1.06 bits per heavy atom. The number of nitrogens with zero attached hydrogens (tertiary/aromatic N) is 2. The van der Waals surface area contributed by atoms with Crippen LogP contribution in [0.25, 0.3) is 49.7 Å². The van der Waals surface area contributed by atoms with Crippen molar-refractivity contribution in [2.45, 2.75) is 148 Å². The second kappa shape index (κ2) is 11.8. The minimum atomic E-state index is -0.0767. The summed E-state index contributed by atoms with van der Waals surface area (Å²) in [6.07, 6.45) is 4.77. The third kappa shape index (κ3) is 4.89. The van der Waals surface area contributed by atoms with Crippen molar-refractivity contribution >= 4 is 51.0 Å². The van der Waals surface area contributed by atoms with E-state index in [4.69, 9.17) is 0 Å². The van der Waals surface area contributed by atoms with E-state index in [0.29, 0.717) is 0 Å². The molecule has 0 atom stereocenters. The first-order valence-corrected chi connectivity index (χ1v) is 23.6. The highest BCUT2D eigenvalue weighted by Crippen LogP contribution is 2.55. The molecule has 12 rings (SSSR count). The van der Waals surface area contributed by atoms with Crippen LogP contribution >= 0.6 is 0 Å². The number of hydrogen-bond acceptors (Lipinski definition) is 1. The van der Waals surface area contributed by atoms with E-state index in [-0.39, 0.29) is 39.3 Å². The van der Waals surface area contributed by atoms with E-state index < -0.39 is 0 Å². The van der Waals surface area contributed by atoms with Gasteiger partial charge in [-0.15, -0.1) is 0 Å². The fraction of sp³-hybridized carbons (Fsp3) is 0.390. The van der Waals surface area contributed by atoms with Crippen molar-refractivity contribution in [3.8, 4) is 27.9 Å². The van der Waals surface area contributed by atoms with Crippen LogP contribution in [-0.2, 0) is 32.5 Å². The van der Waals surface area contributed by atoms with Crippen LogP contribution < -0.4 is 15.7 Å². The fourth-order valence-electron chi connectivity index (χ4n) is 13.1. The molecule has 0 bridgehead atoms. The number of rotatable bonds is 1. The number of anilines is 2. The number of aromatic nitrogens is 1. The van der Waals surface area contributed by atoms with Crippen LogP contribution in [0.1, 0.15) is 155 Å². The zero-order valence-corrected chi connectivity index (χ0v) is 39.5. The van der Waals surface area contributed by atoms with Gasteiger partial charge in [0.15, 0.2) is 0 Å². The minimum Gasteiger partial charge on any atom is -0.376 e. The highest BCUT2D eigenvalue weighted by Gasteiger charge is 2.49. The maximum atomic E-state index is 2.79. The van der Waals surface area contributed by atoms with Crippen molar-refractivity contribution in [3.63, 3.8) is 0 Å². The molecule has 6 aromatic carbocycles. The Labute approximate surface area is 370 Å². The molecule has 7 aromatic rings. The summed E-state index contributed by atoms with van der Waals surface area (Å²) in [5.41, 5.74) is 25.8. The second-order valence-corrected chi connectivity index (χ2v) is 24.3. The molecule has 1 aromatic heterocycles. The molecule has 0 spiro atoms. The van der Waals surface area contributed by atoms with Crippen molar-refractivity contribution < 1.29 is 0 Å². The highest BCUT2D eigenvalue weighted by molar-refractivity contribution is 6.93. The van der Waals surface area contributed by atoms with Gasteiger partial charge in [0.05, 0.1) is 11.0 Å². The molecule has 2 aliphatic heterocycles. The van der Waals surface area contributed by atoms with Crippen LogP contribution in [0, 0.1) is 0 Å². The van der Waals surface area contributed by atoms with Gasteiger partial charge in [-0.2, -0.15) is 0 Å². The molecule has 0 saturated carbocycles. The molecule has 3 heteroatoms. The molecule has 5 aliphatic rings. The molecule has 3 heterocycles. The molecule has 0 amide bonds. The smallest absolute Gasteiger partial charge is 0.333 e. The fourth-order valence-corrected chi connectivity index (χ4v) is 13.1. The second-order valence-electron chi connectivity index (χ2n) is 24.3. The number of benzene rings is 6. The number of hydrogen-bond donors (Lipinski definition) is 0. The molecule has 3 aliphatic carbocycles. The van der Waals surface area contributed by atoms with Crippen LogP contribution in [0.3, 0.4) is 0 Å². The van der Waals surface area contributed by atoms with E-state index in [0.717, 1.165) is 0 Å². The lowest BCUT2D eigenvalue weighted by Crippen LogP contribution is -2.61. The van der Waals surface area contributed by atoms with Crippen LogP contribution in [-0.4, -0.2) is 11.4 Å². The van der Waals surface area contributed by atoms with Crippen molar-refractivity contribution in [1.29, 1.82) is 0 Å². The quantitative estimate of drug-likeness (QED) is 0.150. The predicted octanol–water partition coefficient (Wildman–Crippen LogP) is 14.3. The zero-order chi connectivity index (χ0) is 43.4. The molecule has 0 unspecified atom stereocenters. The van der Waals surface area contributed by atoms with Gasteiger partial charge in [0.2, 0.25) is 0 Å². The van der Waals surface area contributed by atoms with Gasteiger partial charge in [0.1, 0.15) is 0 Å². The molecular weight excluding hydrogens is 747 g/mol. The molecule has 62 heavy (non-hydrogen) atoms. The Balaban J connectivity index is 1.26.